The summed E-state index contributed by atoms with van der Waals surface area (Å²) < 4.78 is 5.27. The van der Waals surface area contributed by atoms with Crippen LogP contribution in [0.2, 0.25) is 5.02 Å². The van der Waals surface area contributed by atoms with Gasteiger partial charge in [0.2, 0.25) is 0 Å². The molecule has 0 aliphatic carbocycles. The number of hydrogen-bond donors (Lipinski definition) is 0. The van der Waals surface area contributed by atoms with Crippen LogP contribution >= 0.6 is 11.6 Å². The van der Waals surface area contributed by atoms with Gasteiger partial charge in [-0.15, -0.1) is 0 Å². The third kappa shape index (κ3) is 4.92. The Hall–Kier alpha value is -2.41. The second-order valence-corrected chi connectivity index (χ2v) is 8.37. The molecule has 1 amide bonds. The van der Waals surface area contributed by atoms with Crippen LogP contribution in [0.15, 0.2) is 53.6 Å². The molecule has 0 unspecified atom stereocenters. The van der Waals surface area contributed by atoms with Crippen LogP contribution < -0.4 is 4.74 Å². The van der Waals surface area contributed by atoms with Crippen molar-refractivity contribution >= 4 is 23.2 Å². The van der Waals surface area contributed by atoms with E-state index in [1.165, 1.54) is 0 Å². The molecule has 0 saturated carbocycles. The molecular weight excluding hydrogens is 412 g/mol. The van der Waals surface area contributed by atoms with E-state index in [-0.39, 0.29) is 11.9 Å². The van der Waals surface area contributed by atoms with Gasteiger partial charge in [-0.05, 0) is 48.0 Å². The Bertz CT molecular complexity index is 939. The first-order chi connectivity index (χ1) is 15.1. The summed E-state index contributed by atoms with van der Waals surface area (Å²) in [5.74, 6) is 0.808. The summed E-state index contributed by atoms with van der Waals surface area (Å²) >= 11 is 6.51. The Labute approximate surface area is 189 Å². The minimum absolute atomic E-state index is 0.0124. The third-order valence-electron chi connectivity index (χ3n) is 6.12. The molecule has 0 bridgehead atoms. The highest BCUT2D eigenvalue weighted by Crippen LogP contribution is 2.36. The highest BCUT2D eigenvalue weighted by molar-refractivity contribution is 6.31. The van der Waals surface area contributed by atoms with Gasteiger partial charge < -0.3 is 9.64 Å². The molecule has 1 saturated heterocycles. The SMILES string of the molecule is CCN1CCN(CC(=O)N2N=C(c3ccc(OC)cc3)C[C@H]2c2ccccc2Cl)CC1. The fraction of sp³-hybridized carbons (Fsp3) is 0.417. The first kappa shape index (κ1) is 21.8. The van der Waals surface area contributed by atoms with E-state index in [0.29, 0.717) is 18.0 Å². The van der Waals surface area contributed by atoms with Crippen molar-refractivity contribution in [1.82, 2.24) is 14.8 Å². The number of nitrogens with zero attached hydrogens (tertiary/aromatic N) is 4. The largest absolute Gasteiger partial charge is 0.497 e. The highest BCUT2D eigenvalue weighted by Gasteiger charge is 2.35. The van der Waals surface area contributed by atoms with Crippen molar-refractivity contribution in [3.63, 3.8) is 0 Å². The van der Waals surface area contributed by atoms with E-state index in [9.17, 15) is 4.79 Å². The van der Waals surface area contributed by atoms with Gasteiger partial charge in [-0.1, -0.05) is 36.7 Å². The molecule has 164 valence electrons. The first-order valence-corrected chi connectivity index (χ1v) is 11.2. The topological polar surface area (TPSA) is 48.4 Å². The number of hydrogen-bond acceptors (Lipinski definition) is 5. The van der Waals surface area contributed by atoms with Crippen LogP contribution in [0.5, 0.6) is 5.75 Å². The number of rotatable bonds is 6. The van der Waals surface area contributed by atoms with Crippen molar-refractivity contribution < 1.29 is 9.53 Å². The molecule has 2 aromatic carbocycles. The van der Waals surface area contributed by atoms with Crippen LogP contribution in [-0.2, 0) is 4.79 Å². The number of halogens is 1. The van der Waals surface area contributed by atoms with Gasteiger partial charge in [-0.25, -0.2) is 5.01 Å². The lowest BCUT2D eigenvalue weighted by Crippen LogP contribution is -2.49. The minimum atomic E-state index is -0.199. The monoisotopic (exact) mass is 440 g/mol. The van der Waals surface area contributed by atoms with Gasteiger partial charge in [-0.2, -0.15) is 5.10 Å². The lowest BCUT2D eigenvalue weighted by molar-refractivity contribution is -0.134. The molecule has 4 rings (SSSR count). The third-order valence-corrected chi connectivity index (χ3v) is 6.47. The summed E-state index contributed by atoms with van der Waals surface area (Å²) in [4.78, 5) is 18.0. The molecule has 31 heavy (non-hydrogen) atoms. The number of ether oxygens (including phenoxy) is 1. The van der Waals surface area contributed by atoms with Gasteiger partial charge in [0.15, 0.2) is 0 Å². The van der Waals surface area contributed by atoms with E-state index in [2.05, 4.69) is 16.7 Å². The zero-order valence-corrected chi connectivity index (χ0v) is 18.9. The molecule has 6 nitrogen and oxygen atoms in total. The summed E-state index contributed by atoms with van der Waals surface area (Å²) in [6.07, 6.45) is 0.630. The van der Waals surface area contributed by atoms with E-state index >= 15 is 0 Å². The Morgan fingerprint density at radius 3 is 2.39 bits per heavy atom. The molecule has 0 aromatic heterocycles. The molecule has 0 radical (unpaired) electrons. The second-order valence-electron chi connectivity index (χ2n) is 7.97. The van der Waals surface area contributed by atoms with Crippen molar-refractivity contribution in [2.45, 2.75) is 19.4 Å². The Kier molecular flexibility index (Phi) is 6.90. The quantitative estimate of drug-likeness (QED) is 0.687. The number of piperazine rings is 1. The maximum absolute atomic E-state index is 13.3. The summed E-state index contributed by atoms with van der Waals surface area (Å²) in [7, 11) is 1.65. The highest BCUT2D eigenvalue weighted by atomic mass is 35.5. The fourth-order valence-corrected chi connectivity index (χ4v) is 4.47. The standard InChI is InChI=1S/C24H29ClN4O2/c1-3-27-12-14-28(15-13-27)17-24(30)29-23(20-6-4-5-7-21(20)25)16-22(26-29)18-8-10-19(31-2)11-9-18/h4-11,23H,3,12-17H2,1-2H3/t23-/m0/s1. The Morgan fingerprint density at radius 1 is 1.06 bits per heavy atom. The van der Waals surface area contributed by atoms with Crippen molar-refractivity contribution in [1.29, 1.82) is 0 Å². The van der Waals surface area contributed by atoms with Crippen LogP contribution in [0.4, 0.5) is 0 Å². The van der Waals surface area contributed by atoms with Crippen molar-refractivity contribution in [2.75, 3.05) is 46.4 Å². The molecule has 0 spiro atoms. The van der Waals surface area contributed by atoms with Gasteiger partial charge in [0.25, 0.3) is 5.91 Å². The zero-order valence-electron chi connectivity index (χ0n) is 18.1. The summed E-state index contributed by atoms with van der Waals surface area (Å²) in [5, 5.41) is 7.08. The minimum Gasteiger partial charge on any atom is -0.497 e. The lowest BCUT2D eigenvalue weighted by atomic mass is 9.98. The van der Waals surface area contributed by atoms with Crippen LogP contribution in [0.25, 0.3) is 0 Å². The number of hydrazone groups is 1. The molecule has 7 heteroatoms. The predicted molar refractivity (Wildman–Crippen MR) is 124 cm³/mol. The van der Waals surface area contributed by atoms with E-state index < -0.39 is 0 Å². The molecule has 0 N–H and O–H groups in total. The van der Waals surface area contributed by atoms with E-state index in [1.807, 2.05) is 48.5 Å². The summed E-state index contributed by atoms with van der Waals surface area (Å²) in [5.41, 5.74) is 2.81. The predicted octanol–water partition coefficient (Wildman–Crippen LogP) is 3.66. The number of carbonyl (C=O) groups excluding carboxylic acids is 1. The van der Waals surface area contributed by atoms with Crippen LogP contribution in [0.1, 0.15) is 30.5 Å². The normalized spacial score (nSPS) is 20.0. The maximum atomic E-state index is 13.3. The molecule has 2 aliphatic heterocycles. The number of methoxy groups -OCH3 is 1. The van der Waals surface area contributed by atoms with Crippen molar-refractivity contribution in [2.24, 2.45) is 5.10 Å². The molecule has 2 aliphatic rings. The number of amides is 1. The Morgan fingerprint density at radius 2 is 1.74 bits per heavy atom. The smallest absolute Gasteiger partial charge is 0.257 e. The van der Waals surface area contributed by atoms with Crippen LogP contribution in [0, 0.1) is 0 Å². The summed E-state index contributed by atoms with van der Waals surface area (Å²) in [6.45, 7) is 7.40. The maximum Gasteiger partial charge on any atom is 0.257 e. The van der Waals surface area contributed by atoms with Crippen molar-refractivity contribution in [3.8, 4) is 5.75 Å². The molecule has 1 fully saturated rings. The number of likely N-dealkylation sites (N-methyl/N-ethyl adjacent to an activating group) is 1. The van der Waals surface area contributed by atoms with Crippen LogP contribution in [0.3, 0.4) is 0 Å². The molecule has 1 atom stereocenters. The van der Waals surface area contributed by atoms with Gasteiger partial charge in [0, 0.05) is 37.6 Å². The fourth-order valence-electron chi connectivity index (χ4n) is 4.21. The van der Waals surface area contributed by atoms with Gasteiger partial charge in [0.05, 0.1) is 25.4 Å². The van der Waals surface area contributed by atoms with Crippen LogP contribution in [-0.4, -0.2) is 72.8 Å². The average Bonchev–Trinajstić information content (AvgIpc) is 3.25. The van der Waals surface area contributed by atoms with Gasteiger partial charge in [-0.3, -0.25) is 9.69 Å². The molecule has 2 aromatic rings. The Balaban J connectivity index is 1.56. The van der Waals surface area contributed by atoms with E-state index in [1.54, 1.807) is 12.1 Å². The first-order valence-electron chi connectivity index (χ1n) is 10.8. The van der Waals surface area contributed by atoms with Crippen molar-refractivity contribution in [3.05, 3.63) is 64.7 Å². The molecular formula is C24H29ClN4O2. The number of carbonyl (C=O) groups is 1. The zero-order chi connectivity index (χ0) is 21.8. The van der Waals surface area contributed by atoms with Gasteiger partial charge in [0.1, 0.15) is 5.75 Å². The lowest BCUT2D eigenvalue weighted by Gasteiger charge is -2.34. The van der Waals surface area contributed by atoms with Gasteiger partial charge >= 0.3 is 0 Å². The number of benzene rings is 2. The van der Waals surface area contributed by atoms with E-state index in [4.69, 9.17) is 21.4 Å². The average molecular weight is 441 g/mol. The molecule has 2 heterocycles. The second kappa shape index (κ2) is 9.81. The summed E-state index contributed by atoms with van der Waals surface area (Å²) in [6, 6.07) is 15.3. The van der Waals surface area contributed by atoms with E-state index in [0.717, 1.165) is 55.3 Å².